The summed E-state index contributed by atoms with van der Waals surface area (Å²) in [4.78, 5) is 12.7. The maximum absolute atomic E-state index is 12.6. The van der Waals surface area contributed by atoms with Crippen LogP contribution in [-0.4, -0.2) is 40.1 Å². The molecule has 0 saturated carbocycles. The Morgan fingerprint density at radius 1 is 0.800 bits per heavy atom. The summed E-state index contributed by atoms with van der Waals surface area (Å²) in [6.07, 6.45) is 1.76. The summed E-state index contributed by atoms with van der Waals surface area (Å²) in [6, 6.07) is 19.0. The van der Waals surface area contributed by atoms with E-state index < -0.39 is 20.0 Å². The third-order valence-electron chi connectivity index (χ3n) is 5.54. The van der Waals surface area contributed by atoms with Gasteiger partial charge in [-0.05, 0) is 79.1 Å². The number of halogens is 1. The second kappa shape index (κ2) is 10.5. The number of sulfonamides is 2. The van der Waals surface area contributed by atoms with E-state index in [0.717, 1.165) is 17.3 Å². The molecule has 4 rings (SSSR count). The Balaban J connectivity index is 1.37. The summed E-state index contributed by atoms with van der Waals surface area (Å²) in [5.41, 5.74) is 1.84. The third kappa shape index (κ3) is 6.49. The molecule has 0 aliphatic carbocycles. The van der Waals surface area contributed by atoms with Crippen molar-refractivity contribution in [1.82, 2.24) is 4.31 Å². The largest absolute Gasteiger partial charge is 0.322 e. The fraction of sp³-hybridized carbons (Fsp3) is 0.208. The lowest BCUT2D eigenvalue weighted by Gasteiger charge is -2.15. The van der Waals surface area contributed by atoms with Crippen molar-refractivity contribution in [2.24, 2.45) is 0 Å². The van der Waals surface area contributed by atoms with Gasteiger partial charge in [-0.2, -0.15) is 0 Å². The van der Waals surface area contributed by atoms with E-state index in [0.29, 0.717) is 35.6 Å². The lowest BCUT2D eigenvalue weighted by atomic mass is 10.1. The first-order chi connectivity index (χ1) is 16.6. The molecule has 8 nitrogen and oxygen atoms in total. The first-order valence-electron chi connectivity index (χ1n) is 10.9. The van der Waals surface area contributed by atoms with Crippen LogP contribution in [0.25, 0.3) is 0 Å². The van der Waals surface area contributed by atoms with Crippen LogP contribution in [0, 0.1) is 0 Å². The molecule has 35 heavy (non-hydrogen) atoms. The molecule has 0 unspecified atom stereocenters. The number of hydrogen-bond acceptors (Lipinski definition) is 5. The molecule has 1 amide bonds. The van der Waals surface area contributed by atoms with Gasteiger partial charge >= 0.3 is 0 Å². The summed E-state index contributed by atoms with van der Waals surface area (Å²) in [6.45, 7) is 1.12. The molecule has 3 aromatic rings. The van der Waals surface area contributed by atoms with Gasteiger partial charge in [-0.25, -0.2) is 21.1 Å². The number of nitrogens with one attached hydrogen (secondary N) is 2. The predicted molar refractivity (Wildman–Crippen MR) is 139 cm³/mol. The first-order valence-corrected chi connectivity index (χ1v) is 14.8. The maximum atomic E-state index is 12.6. The van der Waals surface area contributed by atoms with Crippen molar-refractivity contribution in [2.45, 2.75) is 23.5 Å². The van der Waals surface area contributed by atoms with Gasteiger partial charge < -0.3 is 5.32 Å². The zero-order chi connectivity index (χ0) is 25.1. The first kappa shape index (κ1) is 25.4. The van der Waals surface area contributed by atoms with Crippen LogP contribution in [0.3, 0.4) is 0 Å². The number of hydrogen-bond donors (Lipinski definition) is 2. The lowest BCUT2D eigenvalue weighted by Crippen LogP contribution is -2.29. The number of carbonyl (C=O) groups excluding carboxylic acids is 1. The Kier molecular flexibility index (Phi) is 7.60. The molecule has 184 valence electrons. The fourth-order valence-electron chi connectivity index (χ4n) is 3.67. The summed E-state index contributed by atoms with van der Waals surface area (Å²) in [5.74, 6) is -0.485. The van der Waals surface area contributed by atoms with Gasteiger partial charge in [0, 0.05) is 34.5 Å². The molecule has 0 spiro atoms. The Labute approximate surface area is 213 Å². The van der Waals surface area contributed by atoms with Crippen LogP contribution in [0.4, 0.5) is 11.4 Å². The average molecular weight is 579 g/mol. The second-order valence-corrected chi connectivity index (χ2v) is 12.7. The van der Waals surface area contributed by atoms with Crippen molar-refractivity contribution in [2.75, 3.05) is 23.1 Å². The summed E-state index contributed by atoms with van der Waals surface area (Å²) >= 11 is 3.30. The zero-order valence-corrected chi connectivity index (χ0v) is 21.9. The van der Waals surface area contributed by atoms with Crippen molar-refractivity contribution >= 4 is 53.3 Å². The van der Waals surface area contributed by atoms with Crippen LogP contribution >= 0.6 is 15.9 Å². The lowest BCUT2D eigenvalue weighted by molar-refractivity contribution is 0.102. The Morgan fingerprint density at radius 2 is 1.37 bits per heavy atom. The Bertz CT molecular complexity index is 1400. The van der Waals surface area contributed by atoms with Crippen molar-refractivity contribution in [3.05, 3.63) is 88.4 Å². The normalized spacial score (nSPS) is 14.5. The molecule has 0 bridgehead atoms. The molecule has 1 heterocycles. The molecule has 1 aliphatic heterocycles. The second-order valence-electron chi connectivity index (χ2n) is 8.15. The minimum absolute atomic E-state index is 0.0574. The van der Waals surface area contributed by atoms with Gasteiger partial charge in [0.1, 0.15) is 0 Å². The van der Waals surface area contributed by atoms with Crippen LogP contribution in [-0.2, 0) is 25.8 Å². The Hall–Kier alpha value is -2.73. The minimum Gasteiger partial charge on any atom is -0.322 e. The van der Waals surface area contributed by atoms with E-state index in [1.54, 1.807) is 48.5 Å². The highest BCUT2D eigenvalue weighted by Gasteiger charge is 2.25. The van der Waals surface area contributed by atoms with Gasteiger partial charge in [-0.15, -0.1) is 0 Å². The summed E-state index contributed by atoms with van der Waals surface area (Å²) in [5, 5.41) is 2.72. The quantitative estimate of drug-likeness (QED) is 0.411. The van der Waals surface area contributed by atoms with Crippen molar-refractivity contribution in [3.63, 3.8) is 0 Å². The summed E-state index contributed by atoms with van der Waals surface area (Å²) in [7, 11) is -7.14. The van der Waals surface area contributed by atoms with Crippen LogP contribution in [0.1, 0.15) is 28.8 Å². The van der Waals surface area contributed by atoms with Gasteiger partial charge in [0.15, 0.2) is 0 Å². The highest BCUT2D eigenvalue weighted by molar-refractivity contribution is 9.10. The van der Waals surface area contributed by atoms with E-state index in [4.69, 9.17) is 0 Å². The fourth-order valence-corrected chi connectivity index (χ4v) is 6.61. The van der Waals surface area contributed by atoms with Crippen LogP contribution in [0.5, 0.6) is 0 Å². The van der Waals surface area contributed by atoms with Gasteiger partial charge in [0.05, 0.1) is 10.6 Å². The van der Waals surface area contributed by atoms with Crippen LogP contribution in [0.2, 0.25) is 0 Å². The number of rotatable bonds is 8. The molecular weight excluding hydrogens is 554 g/mol. The Morgan fingerprint density at radius 3 is 1.97 bits per heavy atom. The topological polar surface area (TPSA) is 113 Å². The highest BCUT2D eigenvalue weighted by atomic mass is 79.9. The molecule has 3 aromatic carbocycles. The van der Waals surface area contributed by atoms with Gasteiger partial charge in [0.2, 0.25) is 10.0 Å². The third-order valence-corrected chi connectivity index (χ3v) is 9.32. The molecule has 1 aliphatic rings. The molecule has 1 saturated heterocycles. The van der Waals surface area contributed by atoms with Gasteiger partial charge in [0.25, 0.3) is 15.9 Å². The van der Waals surface area contributed by atoms with Crippen molar-refractivity contribution < 1.29 is 21.6 Å². The van der Waals surface area contributed by atoms with E-state index in [2.05, 4.69) is 26.0 Å². The molecule has 0 aromatic heterocycles. The number of benzene rings is 3. The van der Waals surface area contributed by atoms with Crippen molar-refractivity contribution in [3.8, 4) is 0 Å². The number of anilines is 2. The number of nitrogens with zero attached hydrogens (tertiary/aromatic N) is 1. The maximum Gasteiger partial charge on any atom is 0.261 e. The van der Waals surface area contributed by atoms with E-state index in [-0.39, 0.29) is 16.6 Å². The zero-order valence-electron chi connectivity index (χ0n) is 18.6. The average Bonchev–Trinajstić information content (AvgIpc) is 3.37. The minimum atomic E-state index is -3.78. The van der Waals surface area contributed by atoms with Crippen molar-refractivity contribution in [1.29, 1.82) is 0 Å². The SMILES string of the molecule is O=C(Nc1ccc(S(=O)(=O)Nc2ccc(Br)cc2)cc1)c1ccc(CS(=O)(=O)N2CCCC2)cc1. The van der Waals surface area contributed by atoms with E-state index in [9.17, 15) is 21.6 Å². The van der Waals surface area contributed by atoms with Gasteiger partial charge in [-0.1, -0.05) is 28.1 Å². The van der Waals surface area contributed by atoms with E-state index in [1.165, 1.54) is 28.6 Å². The van der Waals surface area contributed by atoms with Crippen LogP contribution < -0.4 is 10.0 Å². The molecule has 0 radical (unpaired) electrons. The van der Waals surface area contributed by atoms with E-state index in [1.807, 2.05) is 0 Å². The summed E-state index contributed by atoms with van der Waals surface area (Å²) < 4.78 is 55.0. The monoisotopic (exact) mass is 577 g/mol. The van der Waals surface area contributed by atoms with Gasteiger partial charge in [-0.3, -0.25) is 9.52 Å². The number of carbonyl (C=O) groups is 1. The molecular formula is C24H24BrN3O5S2. The molecule has 11 heteroatoms. The molecule has 1 fully saturated rings. The standard InChI is InChI=1S/C24H24BrN3O5S2/c25-20-7-9-22(10-8-20)27-35(32,33)23-13-11-21(12-14-23)26-24(29)19-5-3-18(4-6-19)17-34(30,31)28-15-1-2-16-28/h3-14,27H,1-2,15-17H2,(H,26,29). The highest BCUT2D eigenvalue weighted by Crippen LogP contribution is 2.21. The van der Waals surface area contributed by atoms with E-state index >= 15 is 0 Å². The smallest absolute Gasteiger partial charge is 0.261 e. The number of amides is 1. The predicted octanol–water partition coefficient (Wildman–Crippen LogP) is 4.43. The molecule has 2 N–H and O–H groups in total. The molecule has 0 atom stereocenters. The van der Waals surface area contributed by atoms with Crippen LogP contribution in [0.15, 0.2) is 82.2 Å².